The third kappa shape index (κ3) is 2.55. The maximum absolute atomic E-state index is 10.0. The largest absolute Gasteiger partial charge is 0.317 e. The van der Waals surface area contributed by atoms with Crippen molar-refractivity contribution in [3.8, 4) is 0 Å². The molecule has 3 heteroatoms. The van der Waals surface area contributed by atoms with Crippen LogP contribution in [-0.4, -0.2) is 13.0 Å². The maximum Gasteiger partial charge on any atom is 0.160 e. The van der Waals surface area contributed by atoms with Gasteiger partial charge in [0.1, 0.15) is 0 Å². The second kappa shape index (κ2) is 4.88. The van der Waals surface area contributed by atoms with Crippen LogP contribution in [0.25, 0.3) is 0 Å². The van der Waals surface area contributed by atoms with Gasteiger partial charge in [-0.3, -0.25) is 4.79 Å². The third-order valence-corrected chi connectivity index (χ3v) is 1.80. The van der Waals surface area contributed by atoms with Gasteiger partial charge in [0.25, 0.3) is 0 Å². The molecule has 0 radical (unpaired) electrons. The fourth-order valence-corrected chi connectivity index (χ4v) is 1.21. The fraction of sp³-hybridized carbons (Fsp3) is 0.143. The van der Waals surface area contributed by atoms with Gasteiger partial charge in [-0.05, 0) is 25.8 Å². The van der Waals surface area contributed by atoms with Crippen LogP contribution in [0, 0.1) is 12.3 Å². The molecule has 1 rings (SSSR count). The van der Waals surface area contributed by atoms with Gasteiger partial charge in [-0.1, -0.05) is 0 Å². The van der Waals surface area contributed by atoms with E-state index in [0.29, 0.717) is 0 Å². The highest BCUT2D eigenvalue weighted by Gasteiger charge is 1.90. The van der Waals surface area contributed by atoms with E-state index in [-0.39, 0.29) is 0 Å². The van der Waals surface area contributed by atoms with E-state index in [0.717, 1.165) is 11.2 Å². The topological polar surface area (TPSA) is 40.9 Å². The standard InChI is InChI=1S/C6H6OS.CH3N/c1-5-2-3-6(4-7)8-5;1-2/h2-4H,1H3;2H,1H2. The average molecular weight is 155 g/mol. The third-order valence-electron chi connectivity index (χ3n) is 0.877. The molecule has 0 atom stereocenters. The zero-order valence-electron chi connectivity index (χ0n) is 5.76. The molecule has 0 amide bonds. The lowest BCUT2D eigenvalue weighted by molar-refractivity contribution is 0.112. The van der Waals surface area contributed by atoms with E-state index < -0.39 is 0 Å². The van der Waals surface area contributed by atoms with E-state index >= 15 is 0 Å². The first kappa shape index (κ1) is 9.04. The minimum atomic E-state index is 0.808. The van der Waals surface area contributed by atoms with E-state index in [1.54, 1.807) is 0 Å². The molecule has 1 heterocycles. The Labute approximate surface area is 64.0 Å². The Morgan fingerprint density at radius 2 is 2.20 bits per heavy atom. The number of carbonyl (C=O) groups excluding carboxylic acids is 1. The Hall–Kier alpha value is -0.960. The molecular formula is C7H9NOS. The highest BCUT2D eigenvalue weighted by atomic mass is 32.1. The number of hydrogen-bond acceptors (Lipinski definition) is 3. The monoisotopic (exact) mass is 155 g/mol. The van der Waals surface area contributed by atoms with Crippen molar-refractivity contribution in [1.82, 2.24) is 0 Å². The molecule has 0 spiro atoms. The summed E-state index contributed by atoms with van der Waals surface area (Å²) < 4.78 is 0. The average Bonchev–Trinajstić information content (AvgIpc) is 2.40. The minimum Gasteiger partial charge on any atom is -0.317 e. The number of aldehydes is 1. The van der Waals surface area contributed by atoms with Crippen molar-refractivity contribution in [1.29, 1.82) is 5.41 Å². The molecule has 0 aliphatic carbocycles. The molecule has 1 N–H and O–H groups in total. The highest BCUT2D eigenvalue weighted by molar-refractivity contribution is 7.13. The number of nitrogens with one attached hydrogen (secondary N) is 1. The van der Waals surface area contributed by atoms with Crippen molar-refractivity contribution in [2.75, 3.05) is 0 Å². The molecule has 2 nitrogen and oxygen atoms in total. The fourth-order valence-electron chi connectivity index (χ4n) is 0.517. The zero-order chi connectivity index (χ0) is 7.98. The van der Waals surface area contributed by atoms with Gasteiger partial charge < -0.3 is 5.41 Å². The first-order valence-corrected chi connectivity index (χ1v) is 3.51. The van der Waals surface area contributed by atoms with E-state index in [4.69, 9.17) is 5.41 Å². The van der Waals surface area contributed by atoms with E-state index in [1.807, 2.05) is 19.1 Å². The van der Waals surface area contributed by atoms with Crippen molar-refractivity contribution >= 4 is 24.3 Å². The van der Waals surface area contributed by atoms with Gasteiger partial charge in [-0.2, -0.15) is 0 Å². The predicted octanol–water partition coefficient (Wildman–Crippen LogP) is 2.13. The molecule has 0 aliphatic heterocycles. The van der Waals surface area contributed by atoms with Gasteiger partial charge in [0.15, 0.2) is 6.29 Å². The van der Waals surface area contributed by atoms with Gasteiger partial charge in [0, 0.05) is 4.88 Å². The summed E-state index contributed by atoms with van der Waals surface area (Å²) >= 11 is 1.52. The van der Waals surface area contributed by atoms with Crippen molar-refractivity contribution in [2.24, 2.45) is 0 Å². The van der Waals surface area contributed by atoms with Crippen LogP contribution >= 0.6 is 11.3 Å². The van der Waals surface area contributed by atoms with E-state index in [2.05, 4.69) is 6.72 Å². The van der Waals surface area contributed by atoms with Crippen molar-refractivity contribution in [3.63, 3.8) is 0 Å². The number of aryl methyl sites for hydroxylation is 1. The van der Waals surface area contributed by atoms with Crippen molar-refractivity contribution < 1.29 is 4.79 Å². The molecule has 0 aliphatic rings. The summed E-state index contributed by atoms with van der Waals surface area (Å²) in [6, 6.07) is 3.77. The molecule has 54 valence electrons. The summed E-state index contributed by atoms with van der Waals surface area (Å²) in [6.45, 7) is 4.48. The Morgan fingerprint density at radius 3 is 2.40 bits per heavy atom. The lowest BCUT2D eigenvalue weighted by atomic mass is 10.5. The molecule has 10 heavy (non-hydrogen) atoms. The number of rotatable bonds is 1. The molecule has 0 saturated heterocycles. The van der Waals surface area contributed by atoms with Crippen LogP contribution in [-0.2, 0) is 0 Å². The van der Waals surface area contributed by atoms with Crippen LogP contribution in [0.1, 0.15) is 14.5 Å². The van der Waals surface area contributed by atoms with Gasteiger partial charge >= 0.3 is 0 Å². The smallest absolute Gasteiger partial charge is 0.160 e. The summed E-state index contributed by atoms with van der Waals surface area (Å²) in [7, 11) is 0. The summed E-state index contributed by atoms with van der Waals surface area (Å²) in [6.07, 6.45) is 0.873. The molecule has 0 aromatic carbocycles. The molecule has 0 bridgehead atoms. The predicted molar refractivity (Wildman–Crippen MR) is 44.3 cm³/mol. The van der Waals surface area contributed by atoms with Gasteiger partial charge in [0.2, 0.25) is 0 Å². The van der Waals surface area contributed by atoms with Crippen LogP contribution in [0.5, 0.6) is 0 Å². The Balaban J connectivity index is 0.000000371. The molecular weight excluding hydrogens is 146 g/mol. The highest BCUT2D eigenvalue weighted by Crippen LogP contribution is 2.11. The van der Waals surface area contributed by atoms with Gasteiger partial charge in [-0.15, -0.1) is 11.3 Å². The molecule has 1 aromatic heterocycles. The lowest BCUT2D eigenvalue weighted by Gasteiger charge is -1.71. The quantitative estimate of drug-likeness (QED) is 0.490. The second-order valence-corrected chi connectivity index (χ2v) is 2.89. The second-order valence-electron chi connectivity index (χ2n) is 1.57. The molecule has 0 fully saturated rings. The van der Waals surface area contributed by atoms with Crippen LogP contribution in [0.4, 0.5) is 0 Å². The van der Waals surface area contributed by atoms with E-state index in [1.165, 1.54) is 16.2 Å². The summed E-state index contributed by atoms with van der Waals surface area (Å²) in [5.74, 6) is 0. The van der Waals surface area contributed by atoms with Gasteiger partial charge in [0.05, 0.1) is 4.88 Å². The maximum atomic E-state index is 10.0. The van der Waals surface area contributed by atoms with E-state index in [9.17, 15) is 4.79 Å². The Kier molecular flexibility index (Phi) is 4.41. The normalized spacial score (nSPS) is 7.70. The van der Waals surface area contributed by atoms with Crippen LogP contribution in [0.15, 0.2) is 12.1 Å². The number of hydrogen-bond donors (Lipinski definition) is 1. The molecule has 0 saturated carbocycles. The summed E-state index contributed by atoms with van der Waals surface area (Å²) in [5, 5.41) is 5.50. The number of thiophene rings is 1. The SMILES string of the molecule is C=N.Cc1ccc(C=O)s1. The number of carbonyl (C=O) groups is 1. The van der Waals surface area contributed by atoms with Gasteiger partial charge in [-0.25, -0.2) is 0 Å². The summed E-state index contributed by atoms with van der Waals surface area (Å²) in [5.41, 5.74) is 0. The lowest BCUT2D eigenvalue weighted by Crippen LogP contribution is -1.61. The molecule has 1 aromatic rings. The first-order valence-electron chi connectivity index (χ1n) is 2.70. The Morgan fingerprint density at radius 1 is 1.60 bits per heavy atom. The van der Waals surface area contributed by atoms with Crippen molar-refractivity contribution in [3.05, 3.63) is 21.9 Å². The first-order chi connectivity index (χ1) is 4.83. The molecule has 0 unspecified atom stereocenters. The zero-order valence-corrected chi connectivity index (χ0v) is 6.57. The van der Waals surface area contributed by atoms with Crippen molar-refractivity contribution in [2.45, 2.75) is 6.92 Å². The van der Waals surface area contributed by atoms with Crippen LogP contribution in [0.3, 0.4) is 0 Å². The minimum absolute atomic E-state index is 0.808. The summed E-state index contributed by atoms with van der Waals surface area (Å²) in [4.78, 5) is 12.0. The Bertz CT molecular complexity index is 207. The van der Waals surface area contributed by atoms with Crippen LogP contribution in [0.2, 0.25) is 0 Å². The van der Waals surface area contributed by atoms with Crippen LogP contribution < -0.4 is 0 Å².